The molecule has 136 valence electrons. The second-order valence-corrected chi connectivity index (χ2v) is 6.36. The van der Waals surface area contributed by atoms with Crippen LogP contribution in [0.25, 0.3) is 10.8 Å². The number of hydrogen-bond acceptors (Lipinski definition) is 5. The van der Waals surface area contributed by atoms with E-state index in [9.17, 15) is 14.4 Å². The summed E-state index contributed by atoms with van der Waals surface area (Å²) in [5, 5.41) is 6.83. The number of benzene rings is 2. The Morgan fingerprint density at radius 1 is 1.11 bits per heavy atom. The number of rotatable bonds is 3. The highest BCUT2D eigenvalue weighted by molar-refractivity contribution is 6.04. The van der Waals surface area contributed by atoms with E-state index < -0.39 is 12.1 Å². The summed E-state index contributed by atoms with van der Waals surface area (Å²) in [6.45, 7) is 2.09. The van der Waals surface area contributed by atoms with Gasteiger partial charge in [0.1, 0.15) is 0 Å². The molecule has 7 nitrogen and oxygen atoms in total. The molecule has 0 unspecified atom stereocenters. The van der Waals surface area contributed by atoms with Gasteiger partial charge in [-0.1, -0.05) is 36.4 Å². The summed E-state index contributed by atoms with van der Waals surface area (Å²) in [5.74, 6) is -1.04. The van der Waals surface area contributed by atoms with Crippen LogP contribution in [-0.4, -0.2) is 34.7 Å². The maximum Gasteiger partial charge on any atom is 0.360 e. The summed E-state index contributed by atoms with van der Waals surface area (Å²) in [4.78, 5) is 38.8. The smallest absolute Gasteiger partial charge is 0.360 e. The van der Waals surface area contributed by atoms with Crippen molar-refractivity contribution >= 4 is 28.3 Å². The zero-order valence-corrected chi connectivity index (χ0v) is 14.6. The van der Waals surface area contributed by atoms with Crippen LogP contribution >= 0.6 is 0 Å². The molecule has 2 heterocycles. The van der Waals surface area contributed by atoms with Crippen LogP contribution in [0.2, 0.25) is 0 Å². The van der Waals surface area contributed by atoms with Gasteiger partial charge in [0.25, 0.3) is 11.5 Å². The minimum absolute atomic E-state index is 0.0216. The summed E-state index contributed by atoms with van der Waals surface area (Å²) in [7, 11) is 0. The van der Waals surface area contributed by atoms with Crippen molar-refractivity contribution in [1.82, 2.24) is 10.2 Å². The third kappa shape index (κ3) is 2.97. The number of H-pyrrole nitrogens is 1. The number of para-hydroxylation sites is 1. The minimum atomic E-state index is -0.976. The molecule has 0 saturated heterocycles. The molecule has 7 heteroatoms. The maximum atomic E-state index is 12.8. The molecule has 0 bridgehead atoms. The first-order chi connectivity index (χ1) is 13.1. The fourth-order valence-electron chi connectivity index (χ4n) is 3.32. The van der Waals surface area contributed by atoms with Crippen molar-refractivity contribution < 1.29 is 14.3 Å². The standard InChI is InChI=1S/C20H17N3O4/c1-12(19(25)23-11-10-13-6-2-5-9-16(13)23)27-20(26)17-14-7-3-4-8-15(14)18(24)22-21-17/h2-9,12H,10-11H2,1H3,(H,22,24)/t12-/m0/s1. The lowest BCUT2D eigenvalue weighted by atomic mass is 10.1. The molecular weight excluding hydrogens is 346 g/mol. The van der Waals surface area contributed by atoms with E-state index >= 15 is 0 Å². The normalized spacial score (nSPS) is 14.0. The number of amides is 1. The summed E-state index contributed by atoms with van der Waals surface area (Å²) >= 11 is 0. The molecule has 4 rings (SSSR count). The zero-order chi connectivity index (χ0) is 19.0. The highest BCUT2D eigenvalue weighted by Gasteiger charge is 2.30. The first kappa shape index (κ1) is 17.0. The SMILES string of the molecule is C[C@H](OC(=O)c1n[nH]c(=O)c2ccccc12)C(=O)N1CCc2ccccc21. The maximum absolute atomic E-state index is 12.8. The van der Waals surface area contributed by atoms with Crippen molar-refractivity contribution in [2.45, 2.75) is 19.4 Å². The Morgan fingerprint density at radius 2 is 1.81 bits per heavy atom. The molecular formula is C20H17N3O4. The average molecular weight is 363 g/mol. The van der Waals surface area contributed by atoms with Gasteiger partial charge in [0.05, 0.1) is 5.39 Å². The number of carbonyl (C=O) groups excluding carboxylic acids is 2. The van der Waals surface area contributed by atoms with Gasteiger partial charge < -0.3 is 9.64 Å². The molecule has 1 N–H and O–H groups in total. The van der Waals surface area contributed by atoms with Crippen LogP contribution in [-0.2, 0) is 16.0 Å². The molecule has 1 amide bonds. The van der Waals surface area contributed by atoms with Gasteiger partial charge in [-0.2, -0.15) is 5.10 Å². The summed E-state index contributed by atoms with van der Waals surface area (Å²) in [6.07, 6.45) is -0.203. The Labute approximate surface area is 154 Å². The van der Waals surface area contributed by atoms with E-state index in [4.69, 9.17) is 4.74 Å². The molecule has 1 aromatic heterocycles. The highest BCUT2D eigenvalue weighted by Crippen LogP contribution is 2.28. The fraction of sp³-hybridized carbons (Fsp3) is 0.200. The summed E-state index contributed by atoms with van der Waals surface area (Å²) in [5.41, 5.74) is 1.53. The van der Waals surface area contributed by atoms with Gasteiger partial charge in [-0.3, -0.25) is 9.59 Å². The lowest BCUT2D eigenvalue weighted by Crippen LogP contribution is -2.39. The fourth-order valence-corrected chi connectivity index (χ4v) is 3.32. The Morgan fingerprint density at radius 3 is 2.63 bits per heavy atom. The number of esters is 1. The van der Waals surface area contributed by atoms with Crippen LogP contribution in [0.1, 0.15) is 23.0 Å². The Hall–Kier alpha value is -3.48. The molecule has 0 spiro atoms. The number of aromatic nitrogens is 2. The van der Waals surface area contributed by atoms with Crippen LogP contribution in [0, 0.1) is 0 Å². The van der Waals surface area contributed by atoms with Crippen molar-refractivity contribution in [3.8, 4) is 0 Å². The lowest BCUT2D eigenvalue weighted by Gasteiger charge is -2.21. The first-order valence-electron chi connectivity index (χ1n) is 8.64. The van der Waals surface area contributed by atoms with Gasteiger partial charge >= 0.3 is 5.97 Å². The topological polar surface area (TPSA) is 92.4 Å². The van der Waals surface area contributed by atoms with E-state index in [-0.39, 0.29) is 17.2 Å². The Bertz CT molecular complexity index is 1110. The number of hydrogen-bond donors (Lipinski definition) is 1. The monoisotopic (exact) mass is 363 g/mol. The largest absolute Gasteiger partial charge is 0.448 e. The predicted molar refractivity (Wildman–Crippen MR) is 99.7 cm³/mol. The molecule has 0 aliphatic carbocycles. The lowest BCUT2D eigenvalue weighted by molar-refractivity contribution is -0.126. The van der Waals surface area contributed by atoms with Crippen LogP contribution in [0.5, 0.6) is 0 Å². The minimum Gasteiger partial charge on any atom is -0.448 e. The molecule has 2 aromatic carbocycles. The molecule has 1 atom stereocenters. The van der Waals surface area contributed by atoms with E-state index in [1.807, 2.05) is 24.3 Å². The summed E-state index contributed by atoms with van der Waals surface area (Å²) < 4.78 is 5.36. The molecule has 1 aliphatic heterocycles. The first-order valence-corrected chi connectivity index (χ1v) is 8.64. The van der Waals surface area contributed by atoms with Gasteiger partial charge in [0, 0.05) is 17.6 Å². The number of anilines is 1. The second kappa shape index (κ2) is 6.68. The van der Waals surface area contributed by atoms with Gasteiger partial charge in [-0.15, -0.1) is 0 Å². The number of nitrogens with zero attached hydrogens (tertiary/aromatic N) is 2. The van der Waals surface area contributed by atoms with E-state index in [1.54, 1.807) is 29.2 Å². The number of nitrogens with one attached hydrogen (secondary N) is 1. The van der Waals surface area contributed by atoms with Crippen molar-refractivity contribution in [2.75, 3.05) is 11.4 Å². The predicted octanol–water partition coefficient (Wildman–Crippen LogP) is 2.06. The van der Waals surface area contributed by atoms with E-state index in [0.29, 0.717) is 17.3 Å². The van der Waals surface area contributed by atoms with Gasteiger partial charge in [-0.25, -0.2) is 9.89 Å². The highest BCUT2D eigenvalue weighted by atomic mass is 16.5. The van der Waals surface area contributed by atoms with Gasteiger partial charge in [0.2, 0.25) is 0 Å². The third-order valence-corrected chi connectivity index (χ3v) is 4.67. The third-order valence-electron chi connectivity index (χ3n) is 4.67. The number of ether oxygens (including phenoxy) is 1. The quantitative estimate of drug-likeness (QED) is 0.719. The van der Waals surface area contributed by atoms with Crippen LogP contribution in [0.4, 0.5) is 5.69 Å². The van der Waals surface area contributed by atoms with Crippen molar-refractivity contribution in [3.05, 3.63) is 70.1 Å². The Kier molecular flexibility index (Phi) is 4.19. The summed E-state index contributed by atoms with van der Waals surface area (Å²) in [6, 6.07) is 14.3. The molecule has 0 fully saturated rings. The van der Waals surface area contributed by atoms with Crippen molar-refractivity contribution in [2.24, 2.45) is 0 Å². The molecule has 0 saturated carbocycles. The van der Waals surface area contributed by atoms with Crippen LogP contribution in [0.3, 0.4) is 0 Å². The molecule has 3 aromatic rings. The Balaban J connectivity index is 1.56. The average Bonchev–Trinajstić information content (AvgIpc) is 3.12. The second-order valence-electron chi connectivity index (χ2n) is 6.36. The molecule has 1 aliphatic rings. The zero-order valence-electron chi connectivity index (χ0n) is 14.6. The van der Waals surface area contributed by atoms with E-state index in [0.717, 1.165) is 17.7 Å². The number of fused-ring (bicyclic) bond motifs is 2. The van der Waals surface area contributed by atoms with Gasteiger partial charge in [0.15, 0.2) is 11.8 Å². The van der Waals surface area contributed by atoms with Crippen molar-refractivity contribution in [1.29, 1.82) is 0 Å². The van der Waals surface area contributed by atoms with E-state index in [2.05, 4.69) is 10.2 Å². The van der Waals surface area contributed by atoms with Crippen LogP contribution < -0.4 is 10.5 Å². The molecule has 0 radical (unpaired) electrons. The van der Waals surface area contributed by atoms with Crippen molar-refractivity contribution in [3.63, 3.8) is 0 Å². The number of aromatic amines is 1. The van der Waals surface area contributed by atoms with Crippen LogP contribution in [0.15, 0.2) is 53.3 Å². The van der Waals surface area contributed by atoms with Gasteiger partial charge in [-0.05, 0) is 31.0 Å². The number of carbonyl (C=O) groups is 2. The molecule has 27 heavy (non-hydrogen) atoms. The van der Waals surface area contributed by atoms with E-state index in [1.165, 1.54) is 6.92 Å².